The van der Waals surface area contributed by atoms with E-state index in [0.29, 0.717) is 22.7 Å². The van der Waals surface area contributed by atoms with Crippen molar-refractivity contribution in [2.45, 2.75) is 43.9 Å². The highest BCUT2D eigenvalue weighted by Gasteiger charge is 2.38. The molecule has 0 fully saturated rings. The third-order valence-corrected chi connectivity index (χ3v) is 6.72. The minimum Gasteiger partial charge on any atom is -0.491 e. The standard InChI is InChI=1S/C29H32N2O7S/c1-5-9-24(30-15-19(32)16-37-20-10-7-6-8-11-20)38-23-13-12-21(39-4)14-22(23)27-25(28(33)34)17(2)31-18(3)26(27)29(35)36/h6-8,10-14,19,24,27,30-32H,15-16H2,1-4H3,(H,33,34)(H,35,36). The van der Waals surface area contributed by atoms with Crippen molar-refractivity contribution in [3.8, 4) is 23.3 Å². The molecule has 0 amide bonds. The van der Waals surface area contributed by atoms with E-state index < -0.39 is 30.2 Å². The van der Waals surface area contributed by atoms with Gasteiger partial charge in [-0.3, -0.25) is 5.32 Å². The molecule has 206 valence electrons. The number of benzene rings is 2. The van der Waals surface area contributed by atoms with Gasteiger partial charge in [-0.1, -0.05) is 18.2 Å². The Morgan fingerprint density at radius 1 is 1.08 bits per heavy atom. The predicted molar refractivity (Wildman–Crippen MR) is 149 cm³/mol. The highest BCUT2D eigenvalue weighted by atomic mass is 32.2. The maximum Gasteiger partial charge on any atom is 0.334 e. The normalized spacial score (nSPS) is 15.1. The molecule has 0 aliphatic carbocycles. The zero-order chi connectivity index (χ0) is 28.5. The van der Waals surface area contributed by atoms with Crippen molar-refractivity contribution >= 4 is 23.7 Å². The van der Waals surface area contributed by atoms with Crippen LogP contribution in [-0.4, -0.2) is 59.0 Å². The Hall–Kier alpha value is -3.91. The molecule has 9 nitrogen and oxygen atoms in total. The second kappa shape index (κ2) is 13.8. The molecule has 1 heterocycles. The molecule has 0 radical (unpaired) electrons. The number of aliphatic carboxylic acids is 2. The van der Waals surface area contributed by atoms with Gasteiger partial charge in [0.05, 0.1) is 17.1 Å². The molecule has 1 aliphatic rings. The summed E-state index contributed by atoms with van der Waals surface area (Å²) in [5.74, 6) is 3.02. The minimum atomic E-state index is -1.23. The number of hydrogen-bond donors (Lipinski definition) is 5. The van der Waals surface area contributed by atoms with Gasteiger partial charge in [-0.2, -0.15) is 0 Å². The third kappa shape index (κ3) is 7.57. The number of allylic oxidation sites excluding steroid dienone is 2. The smallest absolute Gasteiger partial charge is 0.334 e. The Balaban J connectivity index is 1.91. The van der Waals surface area contributed by atoms with Crippen molar-refractivity contribution in [3.63, 3.8) is 0 Å². The Bertz CT molecular complexity index is 1290. The second-order valence-corrected chi connectivity index (χ2v) is 9.61. The molecule has 2 aromatic carbocycles. The van der Waals surface area contributed by atoms with E-state index >= 15 is 0 Å². The molecule has 0 aromatic heterocycles. The van der Waals surface area contributed by atoms with Gasteiger partial charge in [0.1, 0.15) is 24.2 Å². The monoisotopic (exact) mass is 552 g/mol. The maximum atomic E-state index is 12.3. The van der Waals surface area contributed by atoms with Gasteiger partial charge >= 0.3 is 11.9 Å². The molecule has 39 heavy (non-hydrogen) atoms. The van der Waals surface area contributed by atoms with Crippen molar-refractivity contribution in [3.05, 3.63) is 76.6 Å². The van der Waals surface area contributed by atoms with Crippen LogP contribution in [0.25, 0.3) is 0 Å². The summed E-state index contributed by atoms with van der Waals surface area (Å²) < 4.78 is 11.8. The second-order valence-electron chi connectivity index (χ2n) is 8.73. The molecule has 3 rings (SSSR count). The molecule has 2 atom stereocenters. The van der Waals surface area contributed by atoms with Crippen LogP contribution in [0.2, 0.25) is 0 Å². The number of thioether (sulfide) groups is 1. The first kappa shape index (κ1) is 29.6. The Morgan fingerprint density at radius 2 is 1.72 bits per heavy atom. The summed E-state index contributed by atoms with van der Waals surface area (Å²) in [5, 5.41) is 36.5. The molecule has 2 unspecified atom stereocenters. The van der Waals surface area contributed by atoms with E-state index in [1.807, 2.05) is 24.5 Å². The number of carbonyl (C=O) groups is 2. The van der Waals surface area contributed by atoms with Crippen LogP contribution in [0, 0.1) is 11.8 Å². The summed E-state index contributed by atoms with van der Waals surface area (Å²) in [5.41, 5.74) is 0.913. The Labute approximate surface area is 231 Å². The van der Waals surface area contributed by atoms with E-state index in [2.05, 4.69) is 22.5 Å². The van der Waals surface area contributed by atoms with Crippen LogP contribution in [0.4, 0.5) is 0 Å². The first-order valence-corrected chi connectivity index (χ1v) is 13.4. The van der Waals surface area contributed by atoms with Crippen molar-refractivity contribution in [1.29, 1.82) is 0 Å². The highest BCUT2D eigenvalue weighted by molar-refractivity contribution is 7.98. The summed E-state index contributed by atoms with van der Waals surface area (Å²) >= 11 is 1.43. The third-order valence-electron chi connectivity index (χ3n) is 5.99. The topological polar surface area (TPSA) is 137 Å². The van der Waals surface area contributed by atoms with E-state index in [0.717, 1.165) is 4.90 Å². The van der Waals surface area contributed by atoms with Crippen LogP contribution in [-0.2, 0) is 9.59 Å². The van der Waals surface area contributed by atoms with Gasteiger partial charge in [-0.15, -0.1) is 17.7 Å². The zero-order valence-electron chi connectivity index (χ0n) is 22.1. The summed E-state index contributed by atoms with van der Waals surface area (Å²) in [6.45, 7) is 4.98. The van der Waals surface area contributed by atoms with E-state index in [1.165, 1.54) is 11.8 Å². The quantitative estimate of drug-likeness (QED) is 0.151. The SMILES string of the molecule is CC#CC(NCC(O)COc1ccccc1)Oc1ccc(SC)cc1C1C(C(=O)O)=C(C)NC(C)=C1C(=O)O. The summed E-state index contributed by atoms with van der Waals surface area (Å²) in [4.78, 5) is 25.4. The Morgan fingerprint density at radius 3 is 2.28 bits per heavy atom. The fourth-order valence-corrected chi connectivity index (χ4v) is 4.70. The zero-order valence-corrected chi connectivity index (χ0v) is 23.0. The Kier molecular flexibility index (Phi) is 10.5. The van der Waals surface area contributed by atoms with Gasteiger partial charge in [0.25, 0.3) is 0 Å². The molecular formula is C29H32N2O7S. The maximum absolute atomic E-state index is 12.3. The lowest BCUT2D eigenvalue weighted by atomic mass is 9.80. The van der Waals surface area contributed by atoms with Gasteiger partial charge in [0.15, 0.2) is 0 Å². The first-order valence-electron chi connectivity index (χ1n) is 12.2. The number of ether oxygens (including phenoxy) is 2. The number of carboxylic acid groups (broad SMARTS) is 2. The van der Waals surface area contributed by atoms with E-state index in [1.54, 1.807) is 51.1 Å². The number of para-hydroxylation sites is 1. The fraction of sp³-hybridized carbons (Fsp3) is 0.310. The van der Waals surface area contributed by atoms with Gasteiger partial charge in [0.2, 0.25) is 6.23 Å². The first-order chi connectivity index (χ1) is 18.7. The van der Waals surface area contributed by atoms with Crippen LogP contribution in [0.15, 0.2) is 76.0 Å². The van der Waals surface area contributed by atoms with Crippen molar-refractivity contribution in [2.24, 2.45) is 0 Å². The molecule has 10 heteroatoms. The van der Waals surface area contributed by atoms with E-state index in [4.69, 9.17) is 9.47 Å². The molecule has 1 aliphatic heterocycles. The number of aliphatic hydroxyl groups excluding tert-OH is 1. The summed E-state index contributed by atoms with van der Waals surface area (Å²) in [7, 11) is 0. The number of rotatable bonds is 12. The molecule has 0 spiro atoms. The van der Waals surface area contributed by atoms with Crippen LogP contribution >= 0.6 is 11.8 Å². The number of aliphatic hydroxyl groups is 1. The van der Waals surface area contributed by atoms with Crippen molar-refractivity contribution in [1.82, 2.24) is 10.6 Å². The van der Waals surface area contributed by atoms with E-state index in [-0.39, 0.29) is 30.0 Å². The largest absolute Gasteiger partial charge is 0.491 e. The predicted octanol–water partition coefficient (Wildman–Crippen LogP) is 3.57. The molecule has 5 N–H and O–H groups in total. The van der Waals surface area contributed by atoms with Crippen LogP contribution < -0.4 is 20.1 Å². The molecule has 0 bridgehead atoms. The number of carboxylic acids is 2. The van der Waals surface area contributed by atoms with Crippen LogP contribution in [0.5, 0.6) is 11.5 Å². The number of dihydropyridines is 1. The van der Waals surface area contributed by atoms with Crippen molar-refractivity contribution < 1.29 is 34.4 Å². The fourth-order valence-electron chi connectivity index (χ4n) is 4.25. The molecular weight excluding hydrogens is 520 g/mol. The summed E-state index contributed by atoms with van der Waals surface area (Å²) in [6.07, 6.45) is 0.122. The number of hydrogen-bond acceptors (Lipinski definition) is 8. The minimum absolute atomic E-state index is 0.0458. The lowest BCUT2D eigenvalue weighted by molar-refractivity contribution is -0.133. The average molecular weight is 553 g/mol. The lowest BCUT2D eigenvalue weighted by Gasteiger charge is -2.30. The highest BCUT2D eigenvalue weighted by Crippen LogP contribution is 2.43. The molecule has 2 aromatic rings. The van der Waals surface area contributed by atoms with Crippen molar-refractivity contribution in [2.75, 3.05) is 19.4 Å². The number of nitrogens with one attached hydrogen (secondary N) is 2. The van der Waals surface area contributed by atoms with E-state index in [9.17, 15) is 24.9 Å². The van der Waals surface area contributed by atoms with Gasteiger partial charge in [-0.05, 0) is 63.3 Å². The van der Waals surface area contributed by atoms with Gasteiger partial charge in [-0.25, -0.2) is 9.59 Å². The molecule has 0 saturated heterocycles. The van der Waals surface area contributed by atoms with Gasteiger partial charge < -0.3 is 30.1 Å². The van der Waals surface area contributed by atoms with Crippen LogP contribution in [0.3, 0.4) is 0 Å². The van der Waals surface area contributed by atoms with Crippen LogP contribution in [0.1, 0.15) is 32.3 Å². The average Bonchev–Trinajstić information content (AvgIpc) is 2.90. The molecule has 0 saturated carbocycles. The lowest BCUT2D eigenvalue weighted by Crippen LogP contribution is -2.40. The van der Waals surface area contributed by atoms with Gasteiger partial charge in [0, 0.05) is 28.4 Å². The summed E-state index contributed by atoms with van der Waals surface area (Å²) in [6, 6.07) is 14.3.